The molecule has 0 aliphatic carbocycles. The van der Waals surface area contributed by atoms with Crippen LogP contribution in [-0.4, -0.2) is 0 Å². The van der Waals surface area contributed by atoms with Crippen LogP contribution >= 0.6 is 0 Å². The Labute approximate surface area is 299 Å². The van der Waals surface area contributed by atoms with Crippen molar-refractivity contribution >= 4 is 38.6 Å². The zero-order valence-corrected chi connectivity index (χ0v) is 28.2. The minimum Gasteiger partial charge on any atom is -0.311 e. The van der Waals surface area contributed by atoms with Gasteiger partial charge in [-0.2, -0.15) is 0 Å². The van der Waals surface area contributed by atoms with Gasteiger partial charge in [-0.1, -0.05) is 176 Å². The number of para-hydroxylation sites is 1. The Bertz CT molecular complexity index is 2580. The highest BCUT2D eigenvalue weighted by Gasteiger charge is 2.20. The Balaban J connectivity index is 1.23. The van der Waals surface area contributed by atoms with Crippen molar-refractivity contribution in [3.63, 3.8) is 0 Å². The van der Waals surface area contributed by atoms with Gasteiger partial charge in [0.25, 0.3) is 0 Å². The van der Waals surface area contributed by atoms with Crippen LogP contribution in [0.2, 0.25) is 0 Å². The van der Waals surface area contributed by atoms with Gasteiger partial charge in [0.15, 0.2) is 0 Å². The largest absolute Gasteiger partial charge is 0.311 e. The smallest absolute Gasteiger partial charge is 0.0462 e. The minimum absolute atomic E-state index is 1.11. The second-order valence-corrected chi connectivity index (χ2v) is 12.9. The summed E-state index contributed by atoms with van der Waals surface area (Å²) >= 11 is 0. The third-order valence-corrected chi connectivity index (χ3v) is 9.86. The molecule has 0 atom stereocenters. The summed E-state index contributed by atoms with van der Waals surface area (Å²) in [6, 6.07) is 76.5. The van der Waals surface area contributed by atoms with Gasteiger partial charge in [0, 0.05) is 17.1 Å². The molecule has 0 aliphatic heterocycles. The Hall–Kier alpha value is -6.70. The first-order valence-electron chi connectivity index (χ1n) is 17.5. The van der Waals surface area contributed by atoms with Gasteiger partial charge in [0.2, 0.25) is 0 Å². The van der Waals surface area contributed by atoms with Gasteiger partial charge in [-0.15, -0.1) is 0 Å². The van der Waals surface area contributed by atoms with Gasteiger partial charge in [0.05, 0.1) is 0 Å². The monoisotopic (exact) mass is 649 g/mol. The van der Waals surface area contributed by atoms with Crippen molar-refractivity contribution in [2.75, 3.05) is 4.90 Å². The van der Waals surface area contributed by atoms with E-state index in [2.05, 4.69) is 217 Å². The van der Waals surface area contributed by atoms with E-state index < -0.39 is 0 Å². The molecular weight excluding hydrogens is 615 g/mol. The van der Waals surface area contributed by atoms with Gasteiger partial charge >= 0.3 is 0 Å². The number of hydrogen-bond acceptors (Lipinski definition) is 1. The molecule has 0 saturated carbocycles. The average Bonchev–Trinajstić information content (AvgIpc) is 3.22. The van der Waals surface area contributed by atoms with E-state index in [4.69, 9.17) is 0 Å². The van der Waals surface area contributed by atoms with Crippen LogP contribution in [0.15, 0.2) is 212 Å². The fourth-order valence-electron chi connectivity index (χ4n) is 7.53. The molecule has 9 aromatic rings. The normalized spacial score (nSPS) is 11.1. The van der Waals surface area contributed by atoms with E-state index in [9.17, 15) is 0 Å². The summed E-state index contributed by atoms with van der Waals surface area (Å²) in [4.78, 5) is 2.33. The fourth-order valence-corrected chi connectivity index (χ4v) is 7.53. The molecule has 0 saturated heterocycles. The van der Waals surface area contributed by atoms with Crippen LogP contribution in [0.5, 0.6) is 0 Å². The molecule has 0 fully saturated rings. The first-order valence-corrected chi connectivity index (χ1v) is 17.5. The van der Waals surface area contributed by atoms with Crippen LogP contribution in [0.1, 0.15) is 0 Å². The number of fused-ring (bicyclic) bond motifs is 3. The van der Waals surface area contributed by atoms with Crippen molar-refractivity contribution in [1.29, 1.82) is 0 Å². The highest BCUT2D eigenvalue weighted by atomic mass is 15.1. The molecule has 51 heavy (non-hydrogen) atoms. The number of hydrogen-bond donors (Lipinski definition) is 0. The maximum atomic E-state index is 2.33. The Morgan fingerprint density at radius 2 is 0.647 bits per heavy atom. The van der Waals surface area contributed by atoms with Gasteiger partial charge in [-0.05, 0) is 102 Å². The number of rotatable bonds is 7. The lowest BCUT2D eigenvalue weighted by molar-refractivity contribution is 1.28. The van der Waals surface area contributed by atoms with Crippen molar-refractivity contribution in [3.05, 3.63) is 212 Å². The lowest BCUT2D eigenvalue weighted by atomic mass is 9.82. The predicted molar refractivity (Wildman–Crippen MR) is 218 cm³/mol. The molecule has 9 aromatic carbocycles. The van der Waals surface area contributed by atoms with E-state index in [1.54, 1.807) is 0 Å². The van der Waals surface area contributed by atoms with E-state index in [1.165, 1.54) is 66.1 Å². The predicted octanol–water partition coefficient (Wildman–Crippen LogP) is 14.1. The topological polar surface area (TPSA) is 3.24 Å². The van der Waals surface area contributed by atoms with E-state index in [0.717, 1.165) is 17.1 Å². The number of nitrogens with zero attached hydrogens (tertiary/aromatic N) is 1. The molecule has 0 bridgehead atoms. The molecule has 0 heterocycles. The van der Waals surface area contributed by atoms with Crippen LogP contribution in [0.25, 0.3) is 66.1 Å². The third kappa shape index (κ3) is 5.65. The molecule has 0 radical (unpaired) electrons. The summed E-state index contributed by atoms with van der Waals surface area (Å²) in [5.41, 5.74) is 13.1. The Kier molecular flexibility index (Phi) is 7.92. The molecule has 0 aromatic heterocycles. The second kappa shape index (κ2) is 13.3. The van der Waals surface area contributed by atoms with Gasteiger partial charge < -0.3 is 4.90 Å². The van der Waals surface area contributed by atoms with Crippen LogP contribution < -0.4 is 4.90 Å². The van der Waals surface area contributed by atoms with Crippen LogP contribution in [0, 0.1) is 0 Å². The van der Waals surface area contributed by atoms with E-state index in [-0.39, 0.29) is 0 Å². The lowest BCUT2D eigenvalue weighted by Gasteiger charge is -2.26. The quantitative estimate of drug-likeness (QED) is 0.155. The maximum absolute atomic E-state index is 2.33. The molecule has 240 valence electrons. The fraction of sp³-hybridized carbons (Fsp3) is 0. The number of benzene rings is 9. The summed E-state index contributed by atoms with van der Waals surface area (Å²) in [6.07, 6.45) is 0. The van der Waals surface area contributed by atoms with Crippen LogP contribution in [0.4, 0.5) is 17.1 Å². The first-order chi connectivity index (χ1) is 25.3. The van der Waals surface area contributed by atoms with E-state index >= 15 is 0 Å². The molecule has 1 heteroatoms. The summed E-state index contributed by atoms with van der Waals surface area (Å²) < 4.78 is 0. The molecule has 0 unspecified atom stereocenters. The number of anilines is 3. The lowest BCUT2D eigenvalue weighted by Crippen LogP contribution is -2.09. The highest BCUT2D eigenvalue weighted by Crippen LogP contribution is 2.48. The summed E-state index contributed by atoms with van der Waals surface area (Å²) in [5.74, 6) is 0. The van der Waals surface area contributed by atoms with Crippen molar-refractivity contribution in [2.45, 2.75) is 0 Å². The molecule has 1 nitrogen and oxygen atoms in total. The SMILES string of the molecule is c1ccc(-c2ccc(N(c3ccccc3)c3ccc(-c4cccc5c4c(-c4ccccc4)c(-c4ccccc4)c4ccccc45)cc3)cc2)cc1. The van der Waals surface area contributed by atoms with Crippen molar-refractivity contribution in [1.82, 2.24) is 0 Å². The second-order valence-electron chi connectivity index (χ2n) is 12.9. The van der Waals surface area contributed by atoms with Gasteiger partial charge in [0.1, 0.15) is 0 Å². The molecule has 0 aliphatic rings. The summed E-state index contributed by atoms with van der Waals surface area (Å²) in [6.45, 7) is 0. The van der Waals surface area contributed by atoms with E-state index in [0.29, 0.717) is 0 Å². The Morgan fingerprint density at radius 3 is 1.24 bits per heavy atom. The van der Waals surface area contributed by atoms with Crippen molar-refractivity contribution < 1.29 is 0 Å². The molecule has 9 rings (SSSR count). The van der Waals surface area contributed by atoms with Crippen molar-refractivity contribution in [3.8, 4) is 44.5 Å². The Morgan fingerprint density at radius 1 is 0.235 bits per heavy atom. The van der Waals surface area contributed by atoms with Gasteiger partial charge in [-0.3, -0.25) is 0 Å². The average molecular weight is 650 g/mol. The first kappa shape index (κ1) is 30.4. The minimum atomic E-state index is 1.11. The molecule has 0 N–H and O–H groups in total. The van der Waals surface area contributed by atoms with E-state index in [1.807, 2.05) is 0 Å². The molecule has 0 amide bonds. The molecular formula is C50H35N. The highest BCUT2D eigenvalue weighted by molar-refractivity contribution is 6.24. The maximum Gasteiger partial charge on any atom is 0.0462 e. The summed E-state index contributed by atoms with van der Waals surface area (Å²) in [5, 5.41) is 5.05. The standard InChI is InChI=1S/C50H35N/c1-5-16-36(17-6-1)37-28-32-42(33-29-37)51(41-22-11-4-12-23-41)43-34-30-38(31-35-43)44-26-15-27-47-45-24-13-14-25-46(45)48(39-18-7-2-8-19-39)49(50(44)47)40-20-9-3-10-21-40/h1-35H. The zero-order valence-electron chi connectivity index (χ0n) is 28.2. The zero-order chi connectivity index (χ0) is 34.0. The van der Waals surface area contributed by atoms with Crippen molar-refractivity contribution in [2.24, 2.45) is 0 Å². The summed E-state index contributed by atoms with van der Waals surface area (Å²) in [7, 11) is 0. The molecule has 0 spiro atoms. The van der Waals surface area contributed by atoms with Gasteiger partial charge in [-0.25, -0.2) is 0 Å². The van der Waals surface area contributed by atoms with Crippen LogP contribution in [0.3, 0.4) is 0 Å². The third-order valence-electron chi connectivity index (χ3n) is 9.86. The van der Waals surface area contributed by atoms with Crippen LogP contribution in [-0.2, 0) is 0 Å².